The number of aromatic nitrogens is 1. The summed E-state index contributed by atoms with van der Waals surface area (Å²) in [5, 5.41) is 12.3. The fraction of sp³-hybridized carbons (Fsp3) is 0.217. The van der Waals surface area contributed by atoms with E-state index in [1.54, 1.807) is 31.0 Å². The molecule has 1 aromatic heterocycles. The molecule has 1 amide bonds. The number of nitrogens with zero attached hydrogens (tertiary/aromatic N) is 2. The summed E-state index contributed by atoms with van der Waals surface area (Å²) in [5.41, 5.74) is 3.65. The zero-order valence-corrected chi connectivity index (χ0v) is 16.7. The van der Waals surface area contributed by atoms with Crippen molar-refractivity contribution in [3.05, 3.63) is 77.1 Å². The number of hydrogen-bond acceptors (Lipinski definition) is 4. The van der Waals surface area contributed by atoms with Crippen LogP contribution in [0.1, 0.15) is 27.2 Å². The van der Waals surface area contributed by atoms with Crippen LogP contribution in [0.4, 0.5) is 0 Å². The minimum absolute atomic E-state index is 0.285. The molecule has 29 heavy (non-hydrogen) atoms. The number of hydrogen-bond donors (Lipinski definition) is 1. The van der Waals surface area contributed by atoms with Gasteiger partial charge in [0.1, 0.15) is 11.8 Å². The fourth-order valence-corrected chi connectivity index (χ4v) is 3.12. The number of nitrogens with one attached hydrogen (secondary N) is 1. The lowest BCUT2D eigenvalue weighted by Crippen LogP contribution is -2.28. The summed E-state index contributed by atoms with van der Waals surface area (Å²) in [4.78, 5) is 12.8. The molecule has 0 unspecified atom stereocenters. The predicted octanol–water partition coefficient (Wildman–Crippen LogP) is 3.65. The van der Waals surface area contributed by atoms with E-state index in [0.29, 0.717) is 35.7 Å². The molecule has 6 heteroatoms. The van der Waals surface area contributed by atoms with E-state index in [2.05, 4.69) is 11.4 Å². The fourth-order valence-electron chi connectivity index (χ4n) is 3.12. The van der Waals surface area contributed by atoms with Gasteiger partial charge in [0.2, 0.25) is 0 Å². The van der Waals surface area contributed by atoms with Gasteiger partial charge in [-0.2, -0.15) is 5.26 Å². The number of rotatable bonds is 7. The van der Waals surface area contributed by atoms with Crippen molar-refractivity contribution in [1.82, 2.24) is 9.88 Å². The van der Waals surface area contributed by atoms with Crippen LogP contribution in [0.15, 0.2) is 54.7 Å². The first-order valence-electron chi connectivity index (χ1n) is 9.25. The Morgan fingerprint density at radius 2 is 1.79 bits per heavy atom. The molecule has 0 aliphatic rings. The van der Waals surface area contributed by atoms with Crippen LogP contribution in [0, 0.1) is 18.3 Å². The van der Waals surface area contributed by atoms with E-state index in [1.165, 1.54) is 0 Å². The van der Waals surface area contributed by atoms with Gasteiger partial charge < -0.3 is 19.4 Å². The zero-order chi connectivity index (χ0) is 20.8. The zero-order valence-electron chi connectivity index (χ0n) is 16.7. The highest BCUT2D eigenvalue weighted by atomic mass is 16.5. The van der Waals surface area contributed by atoms with E-state index in [4.69, 9.17) is 9.47 Å². The molecule has 1 heterocycles. The third-order valence-corrected chi connectivity index (χ3v) is 4.68. The summed E-state index contributed by atoms with van der Waals surface area (Å²) < 4.78 is 12.3. The van der Waals surface area contributed by atoms with Crippen molar-refractivity contribution in [3.63, 3.8) is 0 Å². The van der Waals surface area contributed by atoms with Crippen LogP contribution in [0.25, 0.3) is 5.69 Å². The Morgan fingerprint density at radius 3 is 2.45 bits per heavy atom. The monoisotopic (exact) mass is 389 g/mol. The molecule has 0 bridgehead atoms. The van der Waals surface area contributed by atoms with Crippen molar-refractivity contribution >= 4 is 5.91 Å². The molecule has 0 aliphatic heterocycles. The van der Waals surface area contributed by atoms with Gasteiger partial charge in [-0.05, 0) is 49.2 Å². The third-order valence-electron chi connectivity index (χ3n) is 4.68. The van der Waals surface area contributed by atoms with Crippen molar-refractivity contribution in [2.75, 3.05) is 20.8 Å². The van der Waals surface area contributed by atoms with Crippen LogP contribution >= 0.6 is 0 Å². The van der Waals surface area contributed by atoms with Crippen LogP contribution in [0.2, 0.25) is 0 Å². The average Bonchev–Trinajstić information content (AvgIpc) is 3.18. The van der Waals surface area contributed by atoms with Crippen molar-refractivity contribution in [3.8, 4) is 23.3 Å². The normalized spacial score (nSPS) is 10.3. The Bertz CT molecular complexity index is 1050. The minimum Gasteiger partial charge on any atom is -0.493 e. The van der Waals surface area contributed by atoms with Gasteiger partial charge in [-0.25, -0.2) is 0 Å². The lowest BCUT2D eigenvalue weighted by Gasteiger charge is -2.12. The average molecular weight is 389 g/mol. The summed E-state index contributed by atoms with van der Waals surface area (Å²) in [6.07, 6.45) is 2.37. The molecule has 0 spiro atoms. The van der Waals surface area contributed by atoms with Crippen molar-refractivity contribution in [2.45, 2.75) is 13.3 Å². The maximum Gasteiger partial charge on any atom is 0.269 e. The SMILES string of the molecule is COc1ccc(CCNC(=O)c2c(C#N)ccn2-c2ccc(C)cc2)cc1OC. The van der Waals surface area contributed by atoms with Crippen LogP contribution in [0.5, 0.6) is 11.5 Å². The number of benzene rings is 2. The Hall–Kier alpha value is -3.72. The molecule has 6 nitrogen and oxygen atoms in total. The minimum atomic E-state index is -0.285. The third kappa shape index (κ3) is 4.41. The predicted molar refractivity (Wildman–Crippen MR) is 111 cm³/mol. The number of nitriles is 1. The Morgan fingerprint density at radius 1 is 1.07 bits per heavy atom. The molecule has 0 aliphatic carbocycles. The highest BCUT2D eigenvalue weighted by Gasteiger charge is 2.18. The number of aryl methyl sites for hydroxylation is 1. The first-order chi connectivity index (χ1) is 14.1. The highest BCUT2D eigenvalue weighted by Crippen LogP contribution is 2.27. The number of carbonyl (C=O) groups excluding carboxylic acids is 1. The van der Waals surface area contributed by atoms with Gasteiger partial charge in [0, 0.05) is 18.4 Å². The van der Waals surface area contributed by atoms with Gasteiger partial charge in [0.05, 0.1) is 19.8 Å². The molecule has 0 fully saturated rings. The van der Waals surface area contributed by atoms with Crippen LogP contribution < -0.4 is 14.8 Å². The maximum absolute atomic E-state index is 12.8. The maximum atomic E-state index is 12.8. The summed E-state index contributed by atoms with van der Waals surface area (Å²) >= 11 is 0. The number of amides is 1. The second kappa shape index (κ2) is 8.98. The topological polar surface area (TPSA) is 76.3 Å². The first-order valence-corrected chi connectivity index (χ1v) is 9.25. The molecule has 3 rings (SSSR count). The molecule has 0 saturated carbocycles. The number of methoxy groups -OCH3 is 2. The van der Waals surface area contributed by atoms with E-state index in [9.17, 15) is 10.1 Å². The lowest BCUT2D eigenvalue weighted by molar-refractivity contribution is 0.0947. The molecule has 0 atom stereocenters. The standard InChI is InChI=1S/C23H23N3O3/c1-16-4-7-19(8-5-16)26-13-11-18(15-24)22(26)23(27)25-12-10-17-6-9-20(28-2)21(14-17)29-3/h4-9,11,13-14H,10,12H2,1-3H3,(H,25,27). The lowest BCUT2D eigenvalue weighted by atomic mass is 10.1. The van der Waals surface area contributed by atoms with E-state index in [1.807, 2.05) is 49.4 Å². The summed E-state index contributed by atoms with van der Waals surface area (Å²) in [7, 11) is 3.18. The molecule has 1 N–H and O–H groups in total. The number of ether oxygens (including phenoxy) is 2. The molecular formula is C23H23N3O3. The molecule has 3 aromatic rings. The van der Waals surface area contributed by atoms with Gasteiger partial charge >= 0.3 is 0 Å². The summed E-state index contributed by atoms with van der Waals surface area (Å²) in [5.74, 6) is 1.03. The Kier molecular flexibility index (Phi) is 6.20. The molecular weight excluding hydrogens is 366 g/mol. The quantitative estimate of drug-likeness (QED) is 0.669. The van der Waals surface area contributed by atoms with Gasteiger partial charge in [-0.15, -0.1) is 0 Å². The second-order valence-corrected chi connectivity index (χ2v) is 6.59. The molecule has 0 radical (unpaired) electrons. The van der Waals surface area contributed by atoms with E-state index in [0.717, 1.165) is 16.8 Å². The van der Waals surface area contributed by atoms with E-state index >= 15 is 0 Å². The van der Waals surface area contributed by atoms with Crippen molar-refractivity contribution in [2.24, 2.45) is 0 Å². The Labute approximate surface area is 170 Å². The van der Waals surface area contributed by atoms with E-state index < -0.39 is 0 Å². The smallest absolute Gasteiger partial charge is 0.269 e. The molecule has 148 valence electrons. The van der Waals surface area contributed by atoms with Crippen LogP contribution in [-0.2, 0) is 6.42 Å². The summed E-state index contributed by atoms with van der Waals surface area (Å²) in [6.45, 7) is 2.43. The van der Waals surface area contributed by atoms with E-state index in [-0.39, 0.29) is 5.91 Å². The summed E-state index contributed by atoms with van der Waals surface area (Å²) in [6, 6.07) is 17.2. The Balaban J connectivity index is 1.74. The van der Waals surface area contributed by atoms with Gasteiger partial charge in [-0.1, -0.05) is 23.8 Å². The highest BCUT2D eigenvalue weighted by molar-refractivity contribution is 5.95. The van der Waals surface area contributed by atoms with Crippen molar-refractivity contribution in [1.29, 1.82) is 5.26 Å². The largest absolute Gasteiger partial charge is 0.493 e. The van der Waals surface area contributed by atoms with Crippen LogP contribution in [-0.4, -0.2) is 31.2 Å². The molecule has 2 aromatic carbocycles. The van der Waals surface area contributed by atoms with Gasteiger partial charge in [0.15, 0.2) is 11.5 Å². The van der Waals surface area contributed by atoms with Gasteiger partial charge in [0.25, 0.3) is 5.91 Å². The van der Waals surface area contributed by atoms with Gasteiger partial charge in [-0.3, -0.25) is 4.79 Å². The van der Waals surface area contributed by atoms with Crippen LogP contribution in [0.3, 0.4) is 0 Å². The second-order valence-electron chi connectivity index (χ2n) is 6.59. The van der Waals surface area contributed by atoms with Crippen molar-refractivity contribution < 1.29 is 14.3 Å². The number of carbonyl (C=O) groups is 1. The molecule has 0 saturated heterocycles. The first kappa shape index (κ1) is 20.0.